The monoisotopic (exact) mass is 444 g/mol. The van der Waals surface area contributed by atoms with Gasteiger partial charge in [0.05, 0.1) is 18.0 Å². The van der Waals surface area contributed by atoms with Gasteiger partial charge in [-0.1, -0.05) is 17.7 Å². The summed E-state index contributed by atoms with van der Waals surface area (Å²) in [4.78, 5) is 23.8. The molecule has 0 fully saturated rings. The molecule has 0 bridgehead atoms. The molecule has 0 spiro atoms. The van der Waals surface area contributed by atoms with Gasteiger partial charge >= 0.3 is 12.2 Å². The standard InChI is InChI=1S/C20H32N2O7S/c1-14-8-10-16(11-9-14)30(25,26)29-15(12-21-17(23)27-19(2,3)4)13-22-18(24)28-20(5,6)7/h8-11,15H,12-13H2,1-7H3,(H,21,23)(H,22,24). The first-order valence-corrected chi connectivity index (χ1v) is 10.9. The summed E-state index contributed by atoms with van der Waals surface area (Å²) in [7, 11) is -4.13. The number of aryl methyl sites for hydroxylation is 1. The number of nitrogens with one attached hydrogen (secondary N) is 2. The molecule has 2 N–H and O–H groups in total. The van der Waals surface area contributed by atoms with Crippen molar-refractivity contribution in [3.8, 4) is 0 Å². The highest BCUT2D eigenvalue weighted by molar-refractivity contribution is 7.86. The van der Waals surface area contributed by atoms with Crippen LogP contribution in [-0.2, 0) is 23.8 Å². The lowest BCUT2D eigenvalue weighted by molar-refractivity contribution is 0.0477. The molecule has 30 heavy (non-hydrogen) atoms. The van der Waals surface area contributed by atoms with Crippen molar-refractivity contribution in [2.75, 3.05) is 13.1 Å². The van der Waals surface area contributed by atoms with E-state index >= 15 is 0 Å². The van der Waals surface area contributed by atoms with Crippen LogP contribution in [0.4, 0.5) is 9.59 Å². The van der Waals surface area contributed by atoms with Crippen LogP contribution in [-0.4, -0.2) is 51.0 Å². The minimum absolute atomic E-state index is 0.0346. The Labute approximate surface area is 178 Å². The molecular formula is C20H32N2O7S. The summed E-state index contributed by atoms with van der Waals surface area (Å²) in [6.07, 6.45) is -2.56. The van der Waals surface area contributed by atoms with Crippen molar-refractivity contribution in [2.24, 2.45) is 0 Å². The van der Waals surface area contributed by atoms with E-state index in [0.717, 1.165) is 5.56 Å². The predicted molar refractivity (Wildman–Crippen MR) is 112 cm³/mol. The maximum atomic E-state index is 12.6. The molecule has 0 heterocycles. The molecule has 170 valence electrons. The number of ether oxygens (including phenoxy) is 2. The molecule has 0 saturated heterocycles. The van der Waals surface area contributed by atoms with Crippen molar-refractivity contribution in [3.63, 3.8) is 0 Å². The average molecular weight is 445 g/mol. The molecule has 1 aromatic carbocycles. The quantitative estimate of drug-likeness (QED) is 0.620. The van der Waals surface area contributed by atoms with E-state index < -0.39 is 39.6 Å². The Morgan fingerprint density at radius 2 is 1.27 bits per heavy atom. The number of rotatable bonds is 7. The first kappa shape index (κ1) is 25.7. The van der Waals surface area contributed by atoms with Crippen LogP contribution in [0.5, 0.6) is 0 Å². The van der Waals surface area contributed by atoms with E-state index in [1.807, 2.05) is 6.92 Å². The van der Waals surface area contributed by atoms with Crippen LogP contribution in [0.25, 0.3) is 0 Å². The SMILES string of the molecule is Cc1ccc(S(=O)(=O)OC(CNC(=O)OC(C)(C)C)CNC(=O)OC(C)(C)C)cc1. The lowest BCUT2D eigenvalue weighted by atomic mass is 10.2. The zero-order valence-electron chi connectivity index (χ0n) is 18.6. The van der Waals surface area contributed by atoms with Gasteiger partial charge in [-0.05, 0) is 60.6 Å². The number of carbonyl (C=O) groups excluding carboxylic acids is 2. The van der Waals surface area contributed by atoms with Crippen LogP contribution >= 0.6 is 0 Å². The van der Waals surface area contributed by atoms with E-state index in [1.165, 1.54) is 12.1 Å². The topological polar surface area (TPSA) is 120 Å². The molecule has 1 rings (SSSR count). The summed E-state index contributed by atoms with van der Waals surface area (Å²) in [5.74, 6) is 0. The van der Waals surface area contributed by atoms with Crippen LogP contribution in [0.2, 0.25) is 0 Å². The third-order valence-corrected chi connectivity index (χ3v) is 4.69. The molecule has 9 nitrogen and oxygen atoms in total. The van der Waals surface area contributed by atoms with E-state index in [1.54, 1.807) is 53.7 Å². The maximum Gasteiger partial charge on any atom is 0.407 e. The Morgan fingerprint density at radius 3 is 1.63 bits per heavy atom. The normalized spacial score (nSPS) is 12.4. The van der Waals surface area contributed by atoms with Gasteiger partial charge in [-0.25, -0.2) is 9.59 Å². The van der Waals surface area contributed by atoms with Gasteiger partial charge in [0, 0.05) is 0 Å². The van der Waals surface area contributed by atoms with Gasteiger partial charge in [0.2, 0.25) is 0 Å². The van der Waals surface area contributed by atoms with E-state index in [2.05, 4.69) is 10.6 Å². The van der Waals surface area contributed by atoms with Gasteiger partial charge in [0.15, 0.2) is 0 Å². The highest BCUT2D eigenvalue weighted by Crippen LogP contribution is 2.15. The Kier molecular flexibility index (Phi) is 8.67. The second-order valence-electron chi connectivity index (χ2n) is 8.75. The van der Waals surface area contributed by atoms with E-state index in [4.69, 9.17) is 13.7 Å². The first-order valence-electron chi connectivity index (χ1n) is 9.51. The molecule has 0 aliphatic heterocycles. The summed E-state index contributed by atoms with van der Waals surface area (Å²) in [6, 6.07) is 6.13. The van der Waals surface area contributed by atoms with Gasteiger partial charge in [-0.15, -0.1) is 0 Å². The zero-order chi connectivity index (χ0) is 23.2. The van der Waals surface area contributed by atoms with E-state index in [-0.39, 0.29) is 18.0 Å². The van der Waals surface area contributed by atoms with Gasteiger partial charge in [0.1, 0.15) is 17.3 Å². The summed E-state index contributed by atoms with van der Waals surface area (Å²) in [6.45, 7) is 11.6. The summed E-state index contributed by atoms with van der Waals surface area (Å²) >= 11 is 0. The summed E-state index contributed by atoms with van der Waals surface area (Å²) < 4.78 is 40.7. The van der Waals surface area contributed by atoms with Crippen LogP contribution in [0.3, 0.4) is 0 Å². The predicted octanol–water partition coefficient (Wildman–Crippen LogP) is 3.12. The maximum absolute atomic E-state index is 12.6. The fourth-order valence-electron chi connectivity index (χ4n) is 2.10. The molecule has 10 heteroatoms. The molecule has 0 atom stereocenters. The van der Waals surface area contributed by atoms with Crippen LogP contribution in [0, 0.1) is 6.92 Å². The van der Waals surface area contributed by atoms with Crippen molar-refractivity contribution in [3.05, 3.63) is 29.8 Å². The van der Waals surface area contributed by atoms with Crippen LogP contribution < -0.4 is 10.6 Å². The number of amides is 2. The fraction of sp³-hybridized carbons (Fsp3) is 0.600. The highest BCUT2D eigenvalue weighted by Gasteiger charge is 2.25. The fourth-order valence-corrected chi connectivity index (χ4v) is 3.18. The molecule has 2 amide bonds. The van der Waals surface area contributed by atoms with Crippen molar-refractivity contribution >= 4 is 22.3 Å². The van der Waals surface area contributed by atoms with Crippen molar-refractivity contribution in [2.45, 2.75) is 70.7 Å². The van der Waals surface area contributed by atoms with Crippen molar-refractivity contribution in [1.82, 2.24) is 10.6 Å². The summed E-state index contributed by atoms with van der Waals surface area (Å²) in [5.41, 5.74) is -0.546. The van der Waals surface area contributed by atoms with Crippen LogP contribution in [0.1, 0.15) is 47.1 Å². The molecule has 0 unspecified atom stereocenters. The molecule has 0 saturated carbocycles. The first-order chi connectivity index (χ1) is 13.6. The molecule has 0 aliphatic rings. The summed E-state index contributed by atoms with van der Waals surface area (Å²) in [5, 5.41) is 4.90. The Balaban J connectivity index is 2.86. The van der Waals surface area contributed by atoms with Gasteiger partial charge < -0.3 is 20.1 Å². The van der Waals surface area contributed by atoms with E-state index in [9.17, 15) is 18.0 Å². The van der Waals surface area contributed by atoms with Crippen molar-refractivity contribution < 1.29 is 31.7 Å². The zero-order valence-corrected chi connectivity index (χ0v) is 19.4. The third-order valence-electron chi connectivity index (χ3n) is 3.32. The second-order valence-corrected chi connectivity index (χ2v) is 10.3. The Bertz CT molecular complexity index is 790. The Morgan fingerprint density at radius 1 is 0.867 bits per heavy atom. The number of hydrogen-bond donors (Lipinski definition) is 2. The molecule has 1 aromatic rings. The molecular weight excluding hydrogens is 412 g/mol. The molecule has 0 radical (unpaired) electrons. The third kappa shape index (κ3) is 10.4. The van der Waals surface area contributed by atoms with E-state index in [0.29, 0.717) is 0 Å². The molecule has 0 aromatic heterocycles. The van der Waals surface area contributed by atoms with Gasteiger partial charge in [-0.2, -0.15) is 8.42 Å². The lowest BCUT2D eigenvalue weighted by Gasteiger charge is -2.23. The smallest absolute Gasteiger partial charge is 0.407 e. The lowest BCUT2D eigenvalue weighted by Crippen LogP contribution is -2.44. The molecule has 0 aliphatic carbocycles. The largest absolute Gasteiger partial charge is 0.444 e. The minimum atomic E-state index is -4.13. The number of carbonyl (C=O) groups is 2. The average Bonchev–Trinajstić information content (AvgIpc) is 2.54. The van der Waals surface area contributed by atoms with Gasteiger partial charge in [-0.3, -0.25) is 4.18 Å². The number of alkyl carbamates (subject to hydrolysis) is 2. The van der Waals surface area contributed by atoms with Crippen molar-refractivity contribution in [1.29, 1.82) is 0 Å². The van der Waals surface area contributed by atoms with Crippen LogP contribution in [0.15, 0.2) is 29.2 Å². The van der Waals surface area contributed by atoms with Gasteiger partial charge in [0.25, 0.3) is 10.1 Å². The second kappa shape index (κ2) is 10.1. The minimum Gasteiger partial charge on any atom is -0.444 e. The number of benzene rings is 1. The highest BCUT2D eigenvalue weighted by atomic mass is 32.2. The number of hydrogen-bond acceptors (Lipinski definition) is 7. The Hall–Kier alpha value is -2.33.